The van der Waals surface area contributed by atoms with Crippen molar-refractivity contribution in [2.75, 3.05) is 17.2 Å². The molecule has 122 valence electrons. The number of nitrogens with one attached hydrogen (secondary N) is 3. The molecule has 1 aromatic heterocycles. The Morgan fingerprint density at radius 3 is 2.52 bits per heavy atom. The summed E-state index contributed by atoms with van der Waals surface area (Å²) in [6.45, 7) is 4.48. The van der Waals surface area contributed by atoms with Gasteiger partial charge in [-0.2, -0.15) is 0 Å². The van der Waals surface area contributed by atoms with E-state index in [1.165, 1.54) is 12.1 Å². The number of pyridine rings is 1. The molecule has 0 aliphatic rings. The van der Waals surface area contributed by atoms with Gasteiger partial charge in [0, 0.05) is 12.6 Å². The second kappa shape index (κ2) is 8.12. The lowest BCUT2D eigenvalue weighted by Gasteiger charge is -2.10. The lowest BCUT2D eigenvalue weighted by molar-refractivity contribution is 0.250. The number of halogens is 1. The standard InChI is InChI=1S/C17H21FN4O/c1-12(2)21-17(23)22-15-7-8-16(20-11-15)19-10-9-13-3-5-14(18)6-4-13/h3-8,11-12H,9-10H2,1-2H3,(H,19,20)(H2,21,22,23). The van der Waals surface area contributed by atoms with Crippen molar-refractivity contribution in [3.8, 4) is 0 Å². The maximum atomic E-state index is 12.8. The van der Waals surface area contributed by atoms with Gasteiger partial charge >= 0.3 is 6.03 Å². The fraction of sp³-hybridized carbons (Fsp3) is 0.294. The van der Waals surface area contributed by atoms with Crippen LogP contribution in [0.4, 0.5) is 20.7 Å². The molecule has 2 rings (SSSR count). The highest BCUT2D eigenvalue weighted by Crippen LogP contribution is 2.10. The number of anilines is 2. The van der Waals surface area contributed by atoms with E-state index in [-0.39, 0.29) is 17.9 Å². The molecule has 0 unspecified atom stereocenters. The molecule has 3 N–H and O–H groups in total. The van der Waals surface area contributed by atoms with Crippen LogP contribution in [-0.2, 0) is 6.42 Å². The zero-order valence-electron chi connectivity index (χ0n) is 13.3. The summed E-state index contributed by atoms with van der Waals surface area (Å²) in [6.07, 6.45) is 2.37. The van der Waals surface area contributed by atoms with Gasteiger partial charge in [0.2, 0.25) is 0 Å². The number of aromatic nitrogens is 1. The van der Waals surface area contributed by atoms with E-state index in [4.69, 9.17) is 0 Å². The third kappa shape index (κ3) is 5.94. The zero-order chi connectivity index (χ0) is 16.7. The molecule has 0 saturated heterocycles. The first-order valence-corrected chi connectivity index (χ1v) is 7.55. The second-order valence-corrected chi connectivity index (χ2v) is 5.49. The van der Waals surface area contributed by atoms with Gasteiger partial charge in [0.05, 0.1) is 11.9 Å². The molecule has 0 radical (unpaired) electrons. The van der Waals surface area contributed by atoms with Crippen molar-refractivity contribution in [2.24, 2.45) is 0 Å². The molecule has 5 nitrogen and oxygen atoms in total. The highest BCUT2D eigenvalue weighted by molar-refractivity contribution is 5.89. The Labute approximate surface area is 135 Å². The van der Waals surface area contributed by atoms with E-state index in [0.717, 1.165) is 17.8 Å². The number of benzene rings is 1. The van der Waals surface area contributed by atoms with Crippen LogP contribution in [0.3, 0.4) is 0 Å². The number of nitrogens with zero attached hydrogens (tertiary/aromatic N) is 1. The molecule has 0 aliphatic carbocycles. The van der Waals surface area contributed by atoms with Gasteiger partial charge in [-0.1, -0.05) is 12.1 Å². The number of amides is 2. The average Bonchev–Trinajstić information content (AvgIpc) is 2.50. The normalized spacial score (nSPS) is 10.4. The average molecular weight is 316 g/mol. The molecule has 0 aliphatic heterocycles. The third-order valence-electron chi connectivity index (χ3n) is 3.07. The maximum absolute atomic E-state index is 12.8. The van der Waals surface area contributed by atoms with Crippen LogP contribution < -0.4 is 16.0 Å². The molecule has 23 heavy (non-hydrogen) atoms. The number of urea groups is 1. The molecule has 2 aromatic rings. The van der Waals surface area contributed by atoms with E-state index in [2.05, 4.69) is 20.9 Å². The third-order valence-corrected chi connectivity index (χ3v) is 3.07. The monoisotopic (exact) mass is 316 g/mol. The first-order chi connectivity index (χ1) is 11.0. The summed E-state index contributed by atoms with van der Waals surface area (Å²) in [4.78, 5) is 15.8. The van der Waals surface area contributed by atoms with Crippen LogP contribution in [0.25, 0.3) is 0 Å². The molecule has 0 fully saturated rings. The van der Waals surface area contributed by atoms with Crippen LogP contribution in [0.15, 0.2) is 42.6 Å². The fourth-order valence-electron chi connectivity index (χ4n) is 1.99. The quantitative estimate of drug-likeness (QED) is 0.765. The molecular weight excluding hydrogens is 295 g/mol. The van der Waals surface area contributed by atoms with Crippen LogP contribution in [-0.4, -0.2) is 23.6 Å². The van der Waals surface area contributed by atoms with Crippen molar-refractivity contribution in [1.82, 2.24) is 10.3 Å². The van der Waals surface area contributed by atoms with E-state index < -0.39 is 0 Å². The first-order valence-electron chi connectivity index (χ1n) is 7.55. The molecule has 6 heteroatoms. The smallest absolute Gasteiger partial charge is 0.319 e. The van der Waals surface area contributed by atoms with Gasteiger partial charge < -0.3 is 16.0 Å². The summed E-state index contributed by atoms with van der Waals surface area (Å²) in [5.74, 6) is 0.495. The Hall–Kier alpha value is -2.63. The van der Waals surface area contributed by atoms with Gasteiger partial charge in [-0.25, -0.2) is 14.2 Å². The minimum atomic E-state index is -0.251. The van der Waals surface area contributed by atoms with Crippen LogP contribution in [0.1, 0.15) is 19.4 Å². The summed E-state index contributed by atoms with van der Waals surface area (Å²) >= 11 is 0. The summed E-state index contributed by atoms with van der Waals surface area (Å²) in [6, 6.07) is 9.86. The van der Waals surface area contributed by atoms with Crippen molar-refractivity contribution < 1.29 is 9.18 Å². The first kappa shape index (κ1) is 16.7. The molecule has 0 atom stereocenters. The highest BCUT2D eigenvalue weighted by atomic mass is 19.1. The number of carbonyl (C=O) groups is 1. The number of hydrogen-bond acceptors (Lipinski definition) is 3. The Morgan fingerprint density at radius 1 is 1.17 bits per heavy atom. The van der Waals surface area contributed by atoms with Crippen molar-refractivity contribution in [3.05, 3.63) is 54.0 Å². The summed E-state index contributed by atoms with van der Waals surface area (Å²) in [5.41, 5.74) is 1.69. The Morgan fingerprint density at radius 2 is 1.91 bits per heavy atom. The van der Waals surface area contributed by atoms with Gasteiger partial charge in [-0.15, -0.1) is 0 Å². The van der Waals surface area contributed by atoms with Crippen LogP contribution >= 0.6 is 0 Å². The molecule has 0 spiro atoms. The highest BCUT2D eigenvalue weighted by Gasteiger charge is 2.03. The molecule has 1 aromatic carbocycles. The minimum absolute atomic E-state index is 0.0790. The number of hydrogen-bond donors (Lipinski definition) is 3. The van der Waals surface area contributed by atoms with Crippen molar-refractivity contribution >= 4 is 17.5 Å². The predicted molar refractivity (Wildman–Crippen MR) is 90.1 cm³/mol. The van der Waals surface area contributed by atoms with Crippen LogP contribution in [0.2, 0.25) is 0 Å². The van der Waals surface area contributed by atoms with E-state index in [0.29, 0.717) is 12.2 Å². The number of rotatable bonds is 6. The van der Waals surface area contributed by atoms with E-state index in [1.54, 1.807) is 30.5 Å². The van der Waals surface area contributed by atoms with Gasteiger partial charge in [-0.3, -0.25) is 0 Å². The topological polar surface area (TPSA) is 66.1 Å². The maximum Gasteiger partial charge on any atom is 0.319 e. The van der Waals surface area contributed by atoms with E-state index >= 15 is 0 Å². The van der Waals surface area contributed by atoms with Gasteiger partial charge in [-0.05, 0) is 50.1 Å². The fourth-order valence-corrected chi connectivity index (χ4v) is 1.99. The molecule has 0 bridgehead atoms. The SMILES string of the molecule is CC(C)NC(=O)Nc1ccc(NCCc2ccc(F)cc2)nc1. The van der Waals surface area contributed by atoms with Crippen LogP contribution in [0, 0.1) is 5.82 Å². The van der Waals surface area contributed by atoms with Crippen molar-refractivity contribution in [1.29, 1.82) is 0 Å². The molecular formula is C17H21FN4O. The summed E-state index contributed by atoms with van der Waals surface area (Å²) in [5, 5.41) is 8.64. The Kier molecular flexibility index (Phi) is 5.91. The van der Waals surface area contributed by atoms with Crippen LogP contribution in [0.5, 0.6) is 0 Å². The largest absolute Gasteiger partial charge is 0.370 e. The van der Waals surface area contributed by atoms with Gasteiger partial charge in [0.25, 0.3) is 0 Å². The van der Waals surface area contributed by atoms with Crippen molar-refractivity contribution in [3.63, 3.8) is 0 Å². The second-order valence-electron chi connectivity index (χ2n) is 5.49. The minimum Gasteiger partial charge on any atom is -0.370 e. The lowest BCUT2D eigenvalue weighted by atomic mass is 10.1. The zero-order valence-corrected chi connectivity index (χ0v) is 13.3. The molecule has 0 saturated carbocycles. The lowest BCUT2D eigenvalue weighted by Crippen LogP contribution is -2.34. The predicted octanol–water partition coefficient (Wildman–Crippen LogP) is 3.41. The molecule has 1 heterocycles. The van der Waals surface area contributed by atoms with E-state index in [1.807, 2.05) is 13.8 Å². The van der Waals surface area contributed by atoms with Gasteiger partial charge in [0.1, 0.15) is 11.6 Å². The van der Waals surface area contributed by atoms with Crippen molar-refractivity contribution in [2.45, 2.75) is 26.3 Å². The van der Waals surface area contributed by atoms with Gasteiger partial charge in [0.15, 0.2) is 0 Å². The van der Waals surface area contributed by atoms with E-state index in [9.17, 15) is 9.18 Å². The summed E-state index contributed by atoms with van der Waals surface area (Å²) < 4.78 is 12.8. The summed E-state index contributed by atoms with van der Waals surface area (Å²) in [7, 11) is 0. The molecule has 2 amide bonds. The Balaban J connectivity index is 1.78. The number of carbonyl (C=O) groups excluding carboxylic acids is 1. The Bertz CT molecular complexity index is 626.